The lowest BCUT2D eigenvalue weighted by atomic mass is 10.1. The van der Waals surface area contributed by atoms with Gasteiger partial charge in [-0.1, -0.05) is 76.2 Å². The lowest BCUT2D eigenvalue weighted by Crippen LogP contribution is -2.48. The molecule has 0 aliphatic rings. The second kappa shape index (κ2) is 26.2. The third-order valence-electron chi connectivity index (χ3n) is 7.89. The molecule has 0 aromatic carbocycles. The molecule has 0 heterocycles. The van der Waals surface area contributed by atoms with Crippen molar-refractivity contribution >= 4 is 13.6 Å². The Hall–Kier alpha value is -1.06. The Kier molecular flexibility index (Phi) is 25.5. The third kappa shape index (κ3) is 24.9. The van der Waals surface area contributed by atoms with Crippen molar-refractivity contribution in [3.63, 3.8) is 0 Å². The molecule has 0 aromatic rings. The fourth-order valence-corrected chi connectivity index (χ4v) is 6.07. The number of allylic oxidation sites excluding steroid dienone is 4. The van der Waals surface area contributed by atoms with E-state index in [4.69, 9.17) is 19.5 Å². The third-order valence-corrected chi connectivity index (χ3v) is 9.98. The van der Waals surface area contributed by atoms with Crippen molar-refractivity contribution in [1.82, 2.24) is 0 Å². The summed E-state index contributed by atoms with van der Waals surface area (Å²) in [6.07, 6.45) is 25.8. The van der Waals surface area contributed by atoms with Gasteiger partial charge in [0, 0.05) is 12.8 Å². The number of unbranched alkanes of at least 4 members (excludes halogenated alkanes) is 13. The van der Waals surface area contributed by atoms with Crippen LogP contribution in [0.15, 0.2) is 24.3 Å². The van der Waals surface area contributed by atoms with Gasteiger partial charge in [-0.15, -0.1) is 0 Å². The van der Waals surface area contributed by atoms with Crippen LogP contribution in [-0.4, -0.2) is 82.7 Å². The van der Waals surface area contributed by atoms with Crippen LogP contribution in [0, 0.1) is 0 Å². The zero-order valence-electron chi connectivity index (χ0n) is 27.7. The number of hydrogen-bond donors (Lipinski definition) is 4. The molecule has 0 amide bonds. The molecule has 0 fully saturated rings. The molecule has 0 aromatic heterocycles. The number of carbonyl (C=O) groups excluding carboxylic acids is 1. The van der Waals surface area contributed by atoms with Crippen LogP contribution in [0.25, 0.3) is 0 Å². The van der Waals surface area contributed by atoms with Gasteiger partial charge in [0.25, 0.3) is 0 Å². The first-order valence-corrected chi connectivity index (χ1v) is 18.4. The summed E-state index contributed by atoms with van der Waals surface area (Å²) in [5.41, 5.74) is 0. The Balaban J connectivity index is 3.74. The van der Waals surface area contributed by atoms with E-state index >= 15 is 0 Å². The van der Waals surface area contributed by atoms with Gasteiger partial charge < -0.3 is 34.0 Å². The highest BCUT2D eigenvalue weighted by Crippen LogP contribution is 2.50. The maximum absolute atomic E-state index is 12.6. The Morgan fingerprint density at radius 1 is 0.767 bits per heavy atom. The zero-order valence-corrected chi connectivity index (χ0v) is 28.6. The van der Waals surface area contributed by atoms with E-state index in [9.17, 15) is 19.4 Å². The predicted molar refractivity (Wildman–Crippen MR) is 174 cm³/mol. The average Bonchev–Trinajstić information content (AvgIpc) is 2.96. The summed E-state index contributed by atoms with van der Waals surface area (Å²) in [5.74, 6) is -1.25. The maximum atomic E-state index is 12.6. The van der Waals surface area contributed by atoms with Gasteiger partial charge in [0.2, 0.25) is 0 Å². The van der Waals surface area contributed by atoms with E-state index in [0.29, 0.717) is 0 Å². The topological polar surface area (TPSA) is 134 Å². The summed E-state index contributed by atoms with van der Waals surface area (Å²) >= 11 is 0. The number of hydrogen-bond acceptors (Lipinski definition) is 7. The van der Waals surface area contributed by atoms with Gasteiger partial charge in [0.1, 0.15) is 12.7 Å². The molecular weight excluding hydrogens is 569 g/mol. The monoisotopic (exact) mass is 634 g/mol. The molecule has 0 spiro atoms. The van der Waals surface area contributed by atoms with E-state index in [1.807, 2.05) is 0 Å². The number of ether oxygens (including phenoxy) is 1. The average molecular weight is 635 g/mol. The van der Waals surface area contributed by atoms with E-state index in [1.165, 1.54) is 77.6 Å². The van der Waals surface area contributed by atoms with E-state index in [0.717, 1.165) is 32.1 Å². The second-order valence-corrected chi connectivity index (χ2v) is 14.5. The molecule has 0 aliphatic heterocycles. The molecule has 0 saturated heterocycles. The summed E-state index contributed by atoms with van der Waals surface area (Å²) < 4.78 is 22.9. The smallest absolute Gasteiger partial charge is 0.384 e. The van der Waals surface area contributed by atoms with Crippen molar-refractivity contribution in [2.75, 3.05) is 33.9 Å². The highest BCUT2D eigenvalue weighted by molar-refractivity contribution is 7.53. The first kappa shape index (κ1) is 41.9. The Morgan fingerprint density at radius 2 is 1.23 bits per heavy atom. The molecule has 10 heteroatoms. The van der Waals surface area contributed by atoms with Gasteiger partial charge in [-0.05, 0) is 64.7 Å². The van der Waals surface area contributed by atoms with Crippen LogP contribution in [0.1, 0.15) is 129 Å². The van der Waals surface area contributed by atoms with E-state index < -0.39 is 38.3 Å². The zero-order chi connectivity index (χ0) is 32.4. The first-order chi connectivity index (χ1) is 20.4. The van der Waals surface area contributed by atoms with Crippen LogP contribution >= 0.6 is 7.60 Å². The number of carbonyl (C=O) groups is 1. The molecule has 254 valence electrons. The normalized spacial score (nSPS) is 15.4. The second-order valence-electron chi connectivity index (χ2n) is 12.3. The van der Waals surface area contributed by atoms with Gasteiger partial charge in [0.05, 0.1) is 27.2 Å². The van der Waals surface area contributed by atoms with Crippen LogP contribution in [-0.2, 0) is 18.6 Å². The van der Waals surface area contributed by atoms with Gasteiger partial charge in [-0.2, -0.15) is 0 Å². The van der Waals surface area contributed by atoms with Crippen LogP contribution < -0.4 is 0 Å². The largest absolute Gasteiger partial charge is 0.463 e. The van der Waals surface area contributed by atoms with Crippen LogP contribution in [0.2, 0.25) is 0 Å². The number of rotatable bonds is 29. The molecule has 3 atom stereocenters. The minimum Gasteiger partial charge on any atom is -0.463 e. The van der Waals surface area contributed by atoms with Crippen molar-refractivity contribution in [3.8, 4) is 0 Å². The highest BCUT2D eigenvalue weighted by Gasteiger charge is 2.41. The number of nitrogens with zero attached hydrogens (tertiary/aromatic N) is 1. The number of aliphatic hydroxyl groups excluding tert-OH is 2. The molecule has 2 unspecified atom stereocenters. The van der Waals surface area contributed by atoms with Crippen LogP contribution in [0.4, 0.5) is 0 Å². The molecule has 43 heavy (non-hydrogen) atoms. The van der Waals surface area contributed by atoms with Crippen molar-refractivity contribution in [2.24, 2.45) is 0 Å². The summed E-state index contributed by atoms with van der Waals surface area (Å²) in [4.78, 5) is 22.3. The SMILES string of the molecule is CCCCCC/C=C\CCCC/C=C\CCCCCCCCC(=O)OC[C@@H](O)COP(=O)(O)C(C)[N+](C)(C)CCC(O)O. The van der Waals surface area contributed by atoms with Crippen molar-refractivity contribution in [2.45, 2.75) is 148 Å². The van der Waals surface area contributed by atoms with Gasteiger partial charge in [-0.25, -0.2) is 0 Å². The fourth-order valence-electron chi connectivity index (χ4n) is 4.56. The Labute approximate surface area is 262 Å². The summed E-state index contributed by atoms with van der Waals surface area (Å²) in [6.45, 7) is 3.29. The van der Waals surface area contributed by atoms with E-state index in [1.54, 1.807) is 14.1 Å². The quantitative estimate of drug-likeness (QED) is 0.0173. The molecule has 4 N–H and O–H groups in total. The summed E-state index contributed by atoms with van der Waals surface area (Å²) in [6, 6.07) is 0. The Morgan fingerprint density at radius 3 is 1.74 bits per heavy atom. The highest BCUT2D eigenvalue weighted by atomic mass is 31.2. The molecule has 0 radical (unpaired) electrons. The molecule has 0 bridgehead atoms. The standard InChI is InChI=1S/C33H64NO8P/c1-5-6-7-8-9-10-11-12-13-14-15-16-17-18-19-20-21-22-23-24-25-33(38)41-28-31(35)29-42-43(39,40)30(2)34(3,4)27-26-32(36)37/h10-11,16-17,30-32,35-37H,5-9,12-15,18-29H2,1-4H3/p+1/b11-10-,17-16-/t30?,31-/m1/s1. The summed E-state index contributed by atoms with van der Waals surface area (Å²) in [7, 11) is -0.737. The summed E-state index contributed by atoms with van der Waals surface area (Å²) in [5, 5.41) is 28.2. The van der Waals surface area contributed by atoms with Crippen molar-refractivity contribution in [1.29, 1.82) is 0 Å². The van der Waals surface area contributed by atoms with Crippen LogP contribution in [0.3, 0.4) is 0 Å². The van der Waals surface area contributed by atoms with E-state index in [2.05, 4.69) is 31.2 Å². The number of aliphatic hydroxyl groups is 3. The van der Waals surface area contributed by atoms with Crippen LogP contribution in [0.5, 0.6) is 0 Å². The minimum absolute atomic E-state index is 0.0331. The fraction of sp³-hybridized carbons (Fsp3) is 0.848. The molecular formula is C33H65NO8P+. The predicted octanol–water partition coefficient (Wildman–Crippen LogP) is 6.98. The van der Waals surface area contributed by atoms with E-state index in [-0.39, 0.29) is 30.5 Å². The molecule has 9 nitrogen and oxygen atoms in total. The number of quaternary nitrogens is 1. The maximum Gasteiger partial charge on any atom is 0.384 e. The lowest BCUT2D eigenvalue weighted by molar-refractivity contribution is -0.901. The van der Waals surface area contributed by atoms with Gasteiger partial charge >= 0.3 is 13.6 Å². The van der Waals surface area contributed by atoms with Gasteiger partial charge in [0.15, 0.2) is 12.1 Å². The van der Waals surface area contributed by atoms with Gasteiger partial charge in [-0.3, -0.25) is 9.36 Å². The van der Waals surface area contributed by atoms with Crippen molar-refractivity contribution in [3.05, 3.63) is 24.3 Å². The molecule has 0 aliphatic carbocycles. The minimum atomic E-state index is -4.11. The van der Waals surface area contributed by atoms with Crippen molar-refractivity contribution < 1.29 is 43.3 Å². The first-order valence-electron chi connectivity index (χ1n) is 16.7. The molecule has 0 saturated carbocycles. The Bertz CT molecular complexity index is 787. The molecule has 0 rings (SSSR count). The lowest BCUT2D eigenvalue weighted by Gasteiger charge is -2.37. The number of esters is 1.